The number of ether oxygens (including phenoxy) is 1. The van der Waals surface area contributed by atoms with Crippen molar-refractivity contribution in [1.82, 2.24) is 10.6 Å². The molecule has 0 aromatic heterocycles. The summed E-state index contributed by atoms with van der Waals surface area (Å²) in [5, 5.41) is 5.96. The zero-order valence-electron chi connectivity index (χ0n) is 10.8. The second-order valence-electron chi connectivity index (χ2n) is 4.49. The van der Waals surface area contributed by atoms with Gasteiger partial charge in [-0.15, -0.1) is 12.4 Å². The molecule has 0 aliphatic rings. The highest BCUT2D eigenvalue weighted by Crippen LogP contribution is 2.06. The fourth-order valence-electron chi connectivity index (χ4n) is 1.06. The lowest BCUT2D eigenvalue weighted by atomic mass is 10.2. The van der Waals surface area contributed by atoms with Crippen LogP contribution >= 0.6 is 12.4 Å². The fraction of sp³-hybridized carbons (Fsp3) is 0.909. The van der Waals surface area contributed by atoms with Crippen molar-refractivity contribution in [3.63, 3.8) is 0 Å². The van der Waals surface area contributed by atoms with Gasteiger partial charge >= 0.3 is 6.09 Å². The lowest BCUT2D eigenvalue weighted by Crippen LogP contribution is -2.33. The Bertz CT molecular complexity index is 181. The summed E-state index contributed by atoms with van der Waals surface area (Å²) >= 11 is 0. The standard InChI is InChI=1S/C11H24N2O2.ClH/c1-5-12-8-6-7-9-13-10(14)15-11(2,3)4;/h12H,5-9H2,1-4H3,(H,13,14);1H. The third-order valence-electron chi connectivity index (χ3n) is 1.70. The Kier molecular flexibility index (Phi) is 10.9. The molecule has 98 valence electrons. The number of hydrogen-bond acceptors (Lipinski definition) is 3. The van der Waals surface area contributed by atoms with E-state index < -0.39 is 5.60 Å². The molecule has 16 heavy (non-hydrogen) atoms. The van der Waals surface area contributed by atoms with E-state index in [2.05, 4.69) is 17.6 Å². The van der Waals surface area contributed by atoms with Gasteiger partial charge in [-0.1, -0.05) is 6.92 Å². The SMILES string of the molecule is CCNCCCCNC(=O)OC(C)(C)C.Cl. The Hall–Kier alpha value is -0.480. The average Bonchev–Trinajstić information content (AvgIpc) is 2.08. The van der Waals surface area contributed by atoms with Crippen molar-refractivity contribution in [3.05, 3.63) is 0 Å². The summed E-state index contributed by atoms with van der Waals surface area (Å²) in [7, 11) is 0. The molecule has 0 unspecified atom stereocenters. The van der Waals surface area contributed by atoms with Crippen LogP contribution < -0.4 is 10.6 Å². The second-order valence-corrected chi connectivity index (χ2v) is 4.49. The number of carbonyl (C=O) groups is 1. The van der Waals surface area contributed by atoms with Crippen molar-refractivity contribution in [3.8, 4) is 0 Å². The van der Waals surface area contributed by atoms with Crippen LogP contribution in [-0.2, 0) is 4.74 Å². The van der Waals surface area contributed by atoms with E-state index in [-0.39, 0.29) is 18.5 Å². The highest BCUT2D eigenvalue weighted by molar-refractivity contribution is 5.85. The third-order valence-corrected chi connectivity index (χ3v) is 1.70. The van der Waals surface area contributed by atoms with Gasteiger partial charge < -0.3 is 15.4 Å². The number of hydrogen-bond donors (Lipinski definition) is 2. The molecule has 0 aromatic rings. The van der Waals surface area contributed by atoms with Crippen LogP contribution in [0.1, 0.15) is 40.5 Å². The Morgan fingerprint density at radius 2 is 1.75 bits per heavy atom. The number of halogens is 1. The van der Waals surface area contributed by atoms with Crippen LogP contribution in [0, 0.1) is 0 Å². The van der Waals surface area contributed by atoms with Gasteiger partial charge in [-0.05, 0) is 46.7 Å². The van der Waals surface area contributed by atoms with Gasteiger partial charge in [-0.2, -0.15) is 0 Å². The molecule has 0 saturated heterocycles. The molecule has 0 rings (SSSR count). The van der Waals surface area contributed by atoms with Crippen molar-refractivity contribution in [2.75, 3.05) is 19.6 Å². The lowest BCUT2D eigenvalue weighted by molar-refractivity contribution is 0.0527. The zero-order chi connectivity index (χ0) is 11.7. The van der Waals surface area contributed by atoms with E-state index in [1.54, 1.807) is 0 Å². The molecule has 5 heteroatoms. The molecule has 2 N–H and O–H groups in total. The first kappa shape index (κ1) is 17.9. The number of carbonyl (C=O) groups excluding carboxylic acids is 1. The first-order valence-corrected chi connectivity index (χ1v) is 5.63. The zero-order valence-corrected chi connectivity index (χ0v) is 11.6. The van der Waals surface area contributed by atoms with Crippen LogP contribution in [0.2, 0.25) is 0 Å². The van der Waals surface area contributed by atoms with Crippen molar-refractivity contribution < 1.29 is 9.53 Å². The van der Waals surface area contributed by atoms with Gasteiger partial charge in [-0.25, -0.2) is 4.79 Å². The monoisotopic (exact) mass is 252 g/mol. The normalized spacial score (nSPS) is 10.5. The number of alkyl carbamates (subject to hydrolysis) is 1. The molecule has 0 saturated carbocycles. The van der Waals surface area contributed by atoms with Gasteiger partial charge in [0, 0.05) is 6.54 Å². The van der Waals surface area contributed by atoms with Gasteiger partial charge in [0.05, 0.1) is 0 Å². The van der Waals surface area contributed by atoms with Crippen molar-refractivity contribution in [2.45, 2.75) is 46.1 Å². The first-order valence-electron chi connectivity index (χ1n) is 5.63. The quantitative estimate of drug-likeness (QED) is 0.714. The molecule has 0 aromatic carbocycles. The van der Waals surface area contributed by atoms with Crippen LogP contribution in [0.15, 0.2) is 0 Å². The van der Waals surface area contributed by atoms with Gasteiger partial charge in [0.15, 0.2) is 0 Å². The number of rotatable bonds is 6. The smallest absolute Gasteiger partial charge is 0.407 e. The molecule has 0 aliphatic carbocycles. The van der Waals surface area contributed by atoms with E-state index >= 15 is 0 Å². The number of amides is 1. The molecule has 0 spiro atoms. The molecular weight excluding hydrogens is 228 g/mol. The van der Waals surface area contributed by atoms with E-state index in [9.17, 15) is 4.79 Å². The summed E-state index contributed by atoms with van der Waals surface area (Å²) in [6, 6.07) is 0. The molecule has 0 radical (unpaired) electrons. The van der Waals surface area contributed by atoms with Gasteiger partial charge in [-0.3, -0.25) is 0 Å². The molecule has 0 aliphatic heterocycles. The summed E-state index contributed by atoms with van der Waals surface area (Å²) in [5.74, 6) is 0. The Morgan fingerprint density at radius 3 is 2.25 bits per heavy atom. The van der Waals surface area contributed by atoms with Crippen molar-refractivity contribution in [1.29, 1.82) is 0 Å². The van der Waals surface area contributed by atoms with E-state index in [0.717, 1.165) is 25.9 Å². The maximum Gasteiger partial charge on any atom is 0.407 e. The van der Waals surface area contributed by atoms with Gasteiger partial charge in [0.1, 0.15) is 5.60 Å². The molecule has 0 bridgehead atoms. The van der Waals surface area contributed by atoms with E-state index in [1.165, 1.54) is 0 Å². The summed E-state index contributed by atoms with van der Waals surface area (Å²) in [6.45, 7) is 10.3. The predicted molar refractivity (Wildman–Crippen MR) is 69.3 cm³/mol. The van der Waals surface area contributed by atoms with Gasteiger partial charge in [0.2, 0.25) is 0 Å². The molecular formula is C11H25ClN2O2. The van der Waals surface area contributed by atoms with Crippen molar-refractivity contribution >= 4 is 18.5 Å². The summed E-state index contributed by atoms with van der Waals surface area (Å²) < 4.78 is 5.10. The topological polar surface area (TPSA) is 50.4 Å². The predicted octanol–water partition coefficient (Wildman–Crippen LogP) is 2.32. The first-order chi connectivity index (χ1) is 6.95. The van der Waals surface area contributed by atoms with E-state index in [0.29, 0.717) is 6.54 Å². The summed E-state index contributed by atoms with van der Waals surface area (Å²) in [4.78, 5) is 11.2. The minimum absolute atomic E-state index is 0. The molecule has 0 atom stereocenters. The minimum Gasteiger partial charge on any atom is -0.444 e. The largest absolute Gasteiger partial charge is 0.444 e. The highest BCUT2D eigenvalue weighted by atomic mass is 35.5. The third kappa shape index (κ3) is 13.5. The Morgan fingerprint density at radius 1 is 1.19 bits per heavy atom. The van der Waals surface area contributed by atoms with E-state index in [4.69, 9.17) is 4.74 Å². The maximum atomic E-state index is 11.2. The fourth-order valence-corrected chi connectivity index (χ4v) is 1.06. The molecule has 0 fully saturated rings. The van der Waals surface area contributed by atoms with Crippen LogP contribution in [0.4, 0.5) is 4.79 Å². The maximum absolute atomic E-state index is 11.2. The Balaban J connectivity index is 0. The van der Waals surface area contributed by atoms with Gasteiger partial charge in [0.25, 0.3) is 0 Å². The Labute approximate surface area is 105 Å². The summed E-state index contributed by atoms with van der Waals surface area (Å²) in [6.07, 6.45) is 1.72. The van der Waals surface area contributed by atoms with Crippen molar-refractivity contribution in [2.24, 2.45) is 0 Å². The highest BCUT2D eigenvalue weighted by Gasteiger charge is 2.15. The minimum atomic E-state index is -0.409. The summed E-state index contributed by atoms with van der Waals surface area (Å²) in [5.41, 5.74) is -0.409. The van der Waals surface area contributed by atoms with Crippen LogP contribution in [-0.4, -0.2) is 31.3 Å². The van der Waals surface area contributed by atoms with E-state index in [1.807, 2.05) is 20.8 Å². The molecule has 1 amide bonds. The lowest BCUT2D eigenvalue weighted by Gasteiger charge is -2.19. The van der Waals surface area contributed by atoms with Crippen LogP contribution in [0.3, 0.4) is 0 Å². The van der Waals surface area contributed by atoms with Crippen LogP contribution in [0.5, 0.6) is 0 Å². The van der Waals surface area contributed by atoms with Crippen LogP contribution in [0.25, 0.3) is 0 Å². The molecule has 0 heterocycles. The number of unbranched alkanes of at least 4 members (excludes halogenated alkanes) is 1. The number of nitrogens with one attached hydrogen (secondary N) is 2. The molecule has 4 nitrogen and oxygen atoms in total. The second kappa shape index (κ2) is 9.73. The average molecular weight is 253 g/mol.